The lowest BCUT2D eigenvalue weighted by Gasteiger charge is -2.37. The van der Waals surface area contributed by atoms with Gasteiger partial charge in [0.05, 0.1) is 6.61 Å². The average Bonchev–Trinajstić information content (AvgIpc) is 3.18. The fraction of sp³-hybridized carbons (Fsp3) is 0.333. The van der Waals surface area contributed by atoms with Gasteiger partial charge in [-0.05, 0) is 25.1 Å². The Hall–Kier alpha value is -3.32. The van der Waals surface area contributed by atoms with E-state index in [1.807, 2.05) is 36.4 Å². The number of esters is 1. The Morgan fingerprint density at radius 2 is 1.68 bits per heavy atom. The second kappa shape index (κ2) is 9.22. The van der Waals surface area contributed by atoms with Crippen molar-refractivity contribution in [2.75, 3.05) is 38.2 Å². The molecule has 1 aromatic heterocycles. The van der Waals surface area contributed by atoms with Crippen LogP contribution in [-0.2, 0) is 20.9 Å². The molecule has 1 atom stereocenters. The molecular formula is C24H26N2O5. The number of benzene rings is 2. The number of nitrogens with zero attached hydrogens (tertiary/aromatic N) is 2. The number of rotatable bonds is 6. The van der Waals surface area contributed by atoms with E-state index < -0.39 is 12.1 Å². The molecule has 1 amide bonds. The van der Waals surface area contributed by atoms with Gasteiger partial charge in [-0.25, -0.2) is 4.79 Å². The van der Waals surface area contributed by atoms with Crippen LogP contribution in [0.15, 0.2) is 59.0 Å². The van der Waals surface area contributed by atoms with Crippen molar-refractivity contribution >= 4 is 28.5 Å². The zero-order chi connectivity index (χ0) is 21.8. The summed E-state index contributed by atoms with van der Waals surface area (Å²) in [7, 11) is 1.55. The van der Waals surface area contributed by atoms with Crippen LogP contribution in [0, 0.1) is 0 Å². The molecule has 1 aliphatic heterocycles. The number of hydrogen-bond acceptors (Lipinski definition) is 6. The number of fused-ring (bicyclic) bond motifs is 1. The van der Waals surface area contributed by atoms with Crippen molar-refractivity contribution in [2.24, 2.45) is 0 Å². The lowest BCUT2D eigenvalue weighted by Crippen LogP contribution is -2.51. The number of amides is 1. The molecule has 162 valence electrons. The molecule has 7 heteroatoms. The molecule has 0 saturated carbocycles. The summed E-state index contributed by atoms with van der Waals surface area (Å²) in [5.74, 6) is -0.783. The Kier molecular flexibility index (Phi) is 6.23. The number of carbonyl (C=O) groups is 2. The van der Waals surface area contributed by atoms with Crippen LogP contribution in [0.5, 0.6) is 0 Å². The van der Waals surface area contributed by atoms with Crippen molar-refractivity contribution in [3.05, 3.63) is 65.9 Å². The third-order valence-electron chi connectivity index (χ3n) is 5.52. The van der Waals surface area contributed by atoms with Gasteiger partial charge < -0.3 is 23.7 Å². The highest BCUT2D eigenvalue weighted by Gasteiger charge is 2.30. The molecule has 2 aromatic carbocycles. The average molecular weight is 422 g/mol. The van der Waals surface area contributed by atoms with Gasteiger partial charge >= 0.3 is 5.97 Å². The molecule has 7 nitrogen and oxygen atoms in total. The number of anilines is 1. The standard InChI is InChI=1S/C24H26N2O5/c1-17(23(27)26-14-12-25(13-15-26)18-8-4-3-5-9-18)30-24(28)22-20(16-29-2)19-10-6-7-11-21(19)31-22/h3-11,17H,12-16H2,1-2H3/t17-/m1/s1. The fourth-order valence-corrected chi connectivity index (χ4v) is 3.90. The van der Waals surface area contributed by atoms with E-state index in [1.54, 1.807) is 25.0 Å². The first-order chi connectivity index (χ1) is 15.1. The number of methoxy groups -OCH3 is 1. The molecule has 2 heterocycles. The summed E-state index contributed by atoms with van der Waals surface area (Å²) in [6.45, 7) is 4.44. The van der Waals surface area contributed by atoms with Gasteiger partial charge in [-0.15, -0.1) is 0 Å². The molecule has 0 bridgehead atoms. The summed E-state index contributed by atoms with van der Waals surface area (Å²) in [5.41, 5.74) is 2.35. The van der Waals surface area contributed by atoms with Crippen LogP contribution in [0.3, 0.4) is 0 Å². The Balaban J connectivity index is 1.40. The third-order valence-corrected chi connectivity index (χ3v) is 5.52. The lowest BCUT2D eigenvalue weighted by atomic mass is 10.1. The number of hydrogen-bond donors (Lipinski definition) is 0. The highest BCUT2D eigenvalue weighted by molar-refractivity contribution is 5.97. The molecule has 0 N–H and O–H groups in total. The molecular weight excluding hydrogens is 396 g/mol. The summed E-state index contributed by atoms with van der Waals surface area (Å²) < 4.78 is 16.4. The number of para-hydroxylation sites is 2. The maximum atomic E-state index is 12.9. The maximum absolute atomic E-state index is 12.9. The second-order valence-corrected chi connectivity index (χ2v) is 7.53. The summed E-state index contributed by atoms with van der Waals surface area (Å²) in [5, 5.41) is 0.798. The van der Waals surface area contributed by atoms with Gasteiger partial charge in [-0.2, -0.15) is 0 Å². The van der Waals surface area contributed by atoms with E-state index in [0.717, 1.165) is 24.2 Å². The number of ether oxygens (including phenoxy) is 2. The van der Waals surface area contributed by atoms with Crippen molar-refractivity contribution in [1.82, 2.24) is 4.90 Å². The third kappa shape index (κ3) is 4.41. The molecule has 1 fully saturated rings. The highest BCUT2D eigenvalue weighted by atomic mass is 16.6. The maximum Gasteiger partial charge on any atom is 0.375 e. The van der Waals surface area contributed by atoms with Crippen molar-refractivity contribution in [3.63, 3.8) is 0 Å². The Morgan fingerprint density at radius 1 is 1.00 bits per heavy atom. The van der Waals surface area contributed by atoms with E-state index in [1.165, 1.54) is 0 Å². The van der Waals surface area contributed by atoms with Gasteiger partial charge in [0.15, 0.2) is 6.10 Å². The molecule has 0 aliphatic carbocycles. The number of furan rings is 1. The lowest BCUT2D eigenvalue weighted by molar-refractivity contribution is -0.140. The quantitative estimate of drug-likeness (QED) is 0.567. The molecule has 3 aromatic rings. The predicted octanol–water partition coefficient (Wildman–Crippen LogP) is 3.47. The molecule has 0 unspecified atom stereocenters. The van der Waals surface area contributed by atoms with Crippen LogP contribution in [0.4, 0.5) is 5.69 Å². The smallest absolute Gasteiger partial charge is 0.375 e. The van der Waals surface area contributed by atoms with Gasteiger partial charge in [-0.3, -0.25) is 4.79 Å². The first-order valence-electron chi connectivity index (χ1n) is 10.4. The van der Waals surface area contributed by atoms with E-state index in [9.17, 15) is 9.59 Å². The highest BCUT2D eigenvalue weighted by Crippen LogP contribution is 2.27. The zero-order valence-corrected chi connectivity index (χ0v) is 17.7. The number of piperazine rings is 1. The van der Waals surface area contributed by atoms with Crippen molar-refractivity contribution in [2.45, 2.75) is 19.6 Å². The van der Waals surface area contributed by atoms with Crippen LogP contribution >= 0.6 is 0 Å². The first-order valence-corrected chi connectivity index (χ1v) is 10.4. The van der Waals surface area contributed by atoms with Gasteiger partial charge in [-0.1, -0.05) is 36.4 Å². The molecule has 1 saturated heterocycles. The molecule has 0 spiro atoms. The van der Waals surface area contributed by atoms with Crippen LogP contribution in [0.25, 0.3) is 11.0 Å². The minimum atomic E-state index is -0.903. The van der Waals surface area contributed by atoms with Crippen LogP contribution < -0.4 is 4.90 Å². The largest absolute Gasteiger partial charge is 0.449 e. The van der Waals surface area contributed by atoms with Gasteiger partial charge in [0.1, 0.15) is 5.58 Å². The van der Waals surface area contributed by atoms with Gasteiger partial charge in [0.25, 0.3) is 5.91 Å². The van der Waals surface area contributed by atoms with Crippen LogP contribution in [0.1, 0.15) is 23.0 Å². The van der Waals surface area contributed by atoms with Crippen LogP contribution in [-0.4, -0.2) is 56.2 Å². The summed E-state index contributed by atoms with van der Waals surface area (Å²) in [6.07, 6.45) is -0.903. The molecule has 31 heavy (non-hydrogen) atoms. The minimum Gasteiger partial charge on any atom is -0.449 e. The SMILES string of the molecule is COCc1c(C(=O)O[C@H](C)C(=O)N2CCN(c3ccccc3)CC2)oc2ccccc12. The Morgan fingerprint density at radius 3 is 2.39 bits per heavy atom. The van der Waals surface area contributed by atoms with E-state index >= 15 is 0 Å². The van der Waals surface area contributed by atoms with Crippen molar-refractivity contribution in [3.8, 4) is 0 Å². The molecule has 4 rings (SSSR count). The van der Waals surface area contributed by atoms with Crippen LogP contribution in [0.2, 0.25) is 0 Å². The minimum absolute atomic E-state index is 0.0802. The monoisotopic (exact) mass is 422 g/mol. The normalized spacial score (nSPS) is 15.2. The van der Waals surface area contributed by atoms with E-state index in [0.29, 0.717) is 24.2 Å². The summed E-state index contributed by atoms with van der Waals surface area (Å²) in [6, 6.07) is 17.5. The second-order valence-electron chi connectivity index (χ2n) is 7.53. The summed E-state index contributed by atoms with van der Waals surface area (Å²) in [4.78, 5) is 29.6. The van der Waals surface area contributed by atoms with Crippen molar-refractivity contribution < 1.29 is 23.5 Å². The van der Waals surface area contributed by atoms with Gasteiger partial charge in [0.2, 0.25) is 5.76 Å². The fourth-order valence-electron chi connectivity index (χ4n) is 3.90. The molecule has 0 radical (unpaired) electrons. The predicted molar refractivity (Wildman–Crippen MR) is 117 cm³/mol. The first kappa shape index (κ1) is 20.9. The molecule has 1 aliphatic rings. The van der Waals surface area contributed by atoms with E-state index in [4.69, 9.17) is 13.9 Å². The topological polar surface area (TPSA) is 72.2 Å². The Bertz CT molecular complexity index is 1050. The van der Waals surface area contributed by atoms with Gasteiger partial charge in [0, 0.05) is 49.9 Å². The van der Waals surface area contributed by atoms with Crippen molar-refractivity contribution in [1.29, 1.82) is 0 Å². The van der Waals surface area contributed by atoms with E-state index in [-0.39, 0.29) is 18.3 Å². The number of carbonyl (C=O) groups excluding carboxylic acids is 2. The Labute approximate surface area is 181 Å². The summed E-state index contributed by atoms with van der Waals surface area (Å²) >= 11 is 0. The van der Waals surface area contributed by atoms with E-state index in [2.05, 4.69) is 17.0 Å². The zero-order valence-electron chi connectivity index (χ0n) is 17.7.